The molecule has 0 saturated carbocycles. The predicted molar refractivity (Wildman–Crippen MR) is 134 cm³/mol. The lowest BCUT2D eigenvalue weighted by molar-refractivity contribution is -0.115. The van der Waals surface area contributed by atoms with Gasteiger partial charge in [-0.05, 0) is 30.3 Å². The number of rotatable bonds is 8. The number of para-hydroxylation sites is 2. The van der Waals surface area contributed by atoms with Crippen molar-refractivity contribution in [2.24, 2.45) is 0 Å². The third kappa shape index (κ3) is 4.83. The second-order valence-electron chi connectivity index (χ2n) is 7.58. The SMILES string of the molecule is COc1ccc(-n2nc(C(=O)NCC(=O)Nc3ccccc3OC)c3ccccc3c2=O)c(OC)c1. The zero-order chi connectivity index (χ0) is 25.7. The summed E-state index contributed by atoms with van der Waals surface area (Å²) in [5.41, 5.74) is 0.354. The molecule has 0 atom stereocenters. The van der Waals surface area contributed by atoms with Gasteiger partial charge in [0.05, 0.1) is 38.9 Å². The van der Waals surface area contributed by atoms with Gasteiger partial charge >= 0.3 is 0 Å². The number of methoxy groups -OCH3 is 3. The Morgan fingerprint density at radius 2 is 1.56 bits per heavy atom. The number of benzene rings is 3. The van der Waals surface area contributed by atoms with Crippen molar-refractivity contribution >= 4 is 28.3 Å². The fraction of sp³-hybridized carbons (Fsp3) is 0.154. The molecule has 2 amide bonds. The molecule has 3 aromatic carbocycles. The molecule has 184 valence electrons. The number of aromatic nitrogens is 2. The van der Waals surface area contributed by atoms with Gasteiger partial charge < -0.3 is 24.8 Å². The first-order valence-corrected chi connectivity index (χ1v) is 10.9. The Morgan fingerprint density at radius 3 is 2.28 bits per heavy atom. The van der Waals surface area contributed by atoms with Crippen LogP contribution in [0.1, 0.15) is 10.5 Å². The van der Waals surface area contributed by atoms with E-state index >= 15 is 0 Å². The Balaban J connectivity index is 1.66. The highest BCUT2D eigenvalue weighted by Gasteiger charge is 2.20. The van der Waals surface area contributed by atoms with Crippen LogP contribution in [0.3, 0.4) is 0 Å². The second-order valence-corrected chi connectivity index (χ2v) is 7.58. The van der Waals surface area contributed by atoms with Crippen molar-refractivity contribution < 1.29 is 23.8 Å². The number of hydrogen-bond donors (Lipinski definition) is 2. The van der Waals surface area contributed by atoms with Gasteiger partial charge in [-0.1, -0.05) is 30.3 Å². The highest BCUT2D eigenvalue weighted by atomic mass is 16.5. The Hall–Kier alpha value is -4.86. The van der Waals surface area contributed by atoms with Crippen molar-refractivity contribution in [3.8, 4) is 22.9 Å². The number of anilines is 1. The van der Waals surface area contributed by atoms with Gasteiger partial charge in [-0.3, -0.25) is 14.4 Å². The van der Waals surface area contributed by atoms with E-state index in [9.17, 15) is 14.4 Å². The van der Waals surface area contributed by atoms with Gasteiger partial charge in [-0.15, -0.1) is 0 Å². The van der Waals surface area contributed by atoms with Crippen LogP contribution in [-0.4, -0.2) is 49.5 Å². The molecule has 0 saturated heterocycles. The van der Waals surface area contributed by atoms with Crippen LogP contribution in [0.5, 0.6) is 17.2 Å². The van der Waals surface area contributed by atoms with E-state index in [1.54, 1.807) is 66.7 Å². The van der Waals surface area contributed by atoms with Gasteiger partial charge in [0, 0.05) is 11.5 Å². The third-order valence-electron chi connectivity index (χ3n) is 5.43. The normalized spacial score (nSPS) is 10.5. The molecular weight excluding hydrogens is 464 g/mol. The third-order valence-corrected chi connectivity index (χ3v) is 5.43. The largest absolute Gasteiger partial charge is 0.497 e. The average Bonchev–Trinajstić information content (AvgIpc) is 2.92. The van der Waals surface area contributed by atoms with Crippen molar-refractivity contribution in [1.82, 2.24) is 15.1 Å². The molecule has 0 spiro atoms. The summed E-state index contributed by atoms with van der Waals surface area (Å²) in [6.45, 7) is -0.322. The summed E-state index contributed by atoms with van der Waals surface area (Å²) in [6.07, 6.45) is 0. The van der Waals surface area contributed by atoms with E-state index in [0.717, 1.165) is 4.68 Å². The molecule has 1 heterocycles. The fourth-order valence-electron chi connectivity index (χ4n) is 3.67. The van der Waals surface area contributed by atoms with E-state index in [1.165, 1.54) is 21.3 Å². The van der Waals surface area contributed by atoms with E-state index in [4.69, 9.17) is 14.2 Å². The Morgan fingerprint density at radius 1 is 0.861 bits per heavy atom. The maximum Gasteiger partial charge on any atom is 0.279 e. The first kappa shape index (κ1) is 24.3. The lowest BCUT2D eigenvalue weighted by Crippen LogP contribution is -2.35. The van der Waals surface area contributed by atoms with E-state index < -0.39 is 17.4 Å². The molecule has 4 rings (SSSR count). The van der Waals surface area contributed by atoms with Crippen molar-refractivity contribution in [2.45, 2.75) is 0 Å². The van der Waals surface area contributed by atoms with Gasteiger partial charge in [0.1, 0.15) is 22.9 Å². The van der Waals surface area contributed by atoms with E-state index in [-0.39, 0.29) is 17.6 Å². The van der Waals surface area contributed by atoms with E-state index in [0.29, 0.717) is 34.0 Å². The summed E-state index contributed by atoms with van der Waals surface area (Å²) in [5, 5.41) is 10.3. The molecule has 2 N–H and O–H groups in total. The lowest BCUT2D eigenvalue weighted by atomic mass is 10.1. The maximum atomic E-state index is 13.3. The molecule has 10 heteroatoms. The molecule has 36 heavy (non-hydrogen) atoms. The van der Waals surface area contributed by atoms with E-state index in [2.05, 4.69) is 15.7 Å². The first-order chi connectivity index (χ1) is 17.5. The summed E-state index contributed by atoms with van der Waals surface area (Å²) in [4.78, 5) is 38.9. The number of ether oxygens (including phenoxy) is 3. The second kappa shape index (κ2) is 10.6. The molecular formula is C26H24N4O6. The minimum absolute atomic E-state index is 0.0202. The minimum atomic E-state index is -0.623. The lowest BCUT2D eigenvalue weighted by Gasteiger charge is -2.14. The van der Waals surface area contributed by atoms with E-state index in [1.807, 2.05) is 0 Å². The van der Waals surface area contributed by atoms with Crippen molar-refractivity contribution in [2.75, 3.05) is 33.2 Å². The highest BCUT2D eigenvalue weighted by molar-refractivity contribution is 6.06. The minimum Gasteiger partial charge on any atom is -0.497 e. The van der Waals surface area contributed by atoms with Crippen LogP contribution in [0, 0.1) is 0 Å². The van der Waals surface area contributed by atoms with Crippen LogP contribution in [0.2, 0.25) is 0 Å². The number of nitrogens with one attached hydrogen (secondary N) is 2. The molecule has 0 radical (unpaired) electrons. The summed E-state index contributed by atoms with van der Waals surface area (Å²) in [5.74, 6) is 0.278. The molecule has 10 nitrogen and oxygen atoms in total. The Labute approximate surface area is 206 Å². The maximum absolute atomic E-state index is 13.3. The van der Waals surface area contributed by atoms with Gasteiger partial charge in [0.2, 0.25) is 5.91 Å². The zero-order valence-corrected chi connectivity index (χ0v) is 19.9. The van der Waals surface area contributed by atoms with Gasteiger partial charge in [-0.25, -0.2) is 0 Å². The molecule has 1 aromatic heterocycles. The number of amides is 2. The molecule has 0 aliphatic rings. The Bertz CT molecular complexity index is 1500. The molecule has 0 fully saturated rings. The number of carbonyl (C=O) groups excluding carboxylic acids is 2. The summed E-state index contributed by atoms with van der Waals surface area (Å²) in [7, 11) is 4.47. The van der Waals surface area contributed by atoms with Crippen LogP contribution in [-0.2, 0) is 4.79 Å². The standard InChI is InChI=1S/C26H24N4O6/c1-34-16-12-13-20(22(14-16)36-3)30-26(33)18-9-5-4-8-17(18)24(29-30)25(32)27-15-23(31)28-19-10-6-7-11-21(19)35-2/h4-14H,15H2,1-3H3,(H,27,32)(H,28,31). The van der Waals surface area contributed by atoms with Crippen LogP contribution < -0.4 is 30.4 Å². The zero-order valence-electron chi connectivity index (χ0n) is 19.9. The monoisotopic (exact) mass is 488 g/mol. The van der Waals surface area contributed by atoms with Gasteiger partial charge in [-0.2, -0.15) is 9.78 Å². The Kier molecular flexibility index (Phi) is 7.15. The van der Waals surface area contributed by atoms with Crippen LogP contribution in [0.4, 0.5) is 5.69 Å². The van der Waals surface area contributed by atoms with Crippen LogP contribution >= 0.6 is 0 Å². The van der Waals surface area contributed by atoms with Crippen LogP contribution in [0.25, 0.3) is 16.5 Å². The van der Waals surface area contributed by atoms with Crippen molar-refractivity contribution in [3.63, 3.8) is 0 Å². The summed E-state index contributed by atoms with van der Waals surface area (Å²) < 4.78 is 17.0. The molecule has 0 unspecified atom stereocenters. The number of carbonyl (C=O) groups is 2. The fourth-order valence-corrected chi connectivity index (χ4v) is 3.67. The topological polar surface area (TPSA) is 121 Å². The molecule has 0 bridgehead atoms. The number of fused-ring (bicyclic) bond motifs is 1. The predicted octanol–water partition coefficient (Wildman–Crippen LogP) is 2.78. The number of nitrogens with zero attached hydrogens (tertiary/aromatic N) is 2. The van der Waals surface area contributed by atoms with Crippen molar-refractivity contribution in [1.29, 1.82) is 0 Å². The average molecular weight is 489 g/mol. The smallest absolute Gasteiger partial charge is 0.279 e. The quantitative estimate of drug-likeness (QED) is 0.391. The highest BCUT2D eigenvalue weighted by Crippen LogP contribution is 2.27. The number of hydrogen-bond acceptors (Lipinski definition) is 7. The summed E-state index contributed by atoms with van der Waals surface area (Å²) in [6, 6.07) is 18.4. The summed E-state index contributed by atoms with van der Waals surface area (Å²) >= 11 is 0. The first-order valence-electron chi connectivity index (χ1n) is 10.9. The van der Waals surface area contributed by atoms with Crippen LogP contribution in [0.15, 0.2) is 71.5 Å². The van der Waals surface area contributed by atoms with Crippen molar-refractivity contribution in [3.05, 3.63) is 82.8 Å². The molecule has 0 aliphatic carbocycles. The molecule has 0 aliphatic heterocycles. The van der Waals surface area contributed by atoms with Gasteiger partial charge in [0.15, 0.2) is 5.69 Å². The molecule has 4 aromatic rings. The van der Waals surface area contributed by atoms with Gasteiger partial charge in [0.25, 0.3) is 11.5 Å².